The summed E-state index contributed by atoms with van der Waals surface area (Å²) in [6, 6.07) is 10.9. The zero-order valence-corrected chi connectivity index (χ0v) is 10.2. The van der Waals surface area contributed by atoms with Crippen molar-refractivity contribution in [3.05, 3.63) is 54.4 Å². The van der Waals surface area contributed by atoms with Gasteiger partial charge in [-0.1, -0.05) is 30.3 Å². The molecule has 0 radical (unpaired) electrons. The molecule has 1 aromatic carbocycles. The van der Waals surface area contributed by atoms with E-state index in [4.69, 9.17) is 5.11 Å². The highest BCUT2D eigenvalue weighted by Crippen LogP contribution is 2.15. The third kappa shape index (κ3) is 2.12. The van der Waals surface area contributed by atoms with Crippen LogP contribution in [0.3, 0.4) is 0 Å². The summed E-state index contributed by atoms with van der Waals surface area (Å²) in [6.07, 6.45) is 2.73. The topological polar surface area (TPSA) is 93.8 Å². The van der Waals surface area contributed by atoms with E-state index in [1.165, 1.54) is 23.3 Å². The lowest BCUT2D eigenvalue weighted by atomic mass is 10.2. The van der Waals surface area contributed by atoms with E-state index in [2.05, 4.69) is 20.4 Å². The number of nitrogens with zero attached hydrogens (tertiary/aromatic N) is 5. The number of aromatic carboxylic acids is 1. The maximum absolute atomic E-state index is 11.1. The van der Waals surface area contributed by atoms with Crippen molar-refractivity contribution in [1.29, 1.82) is 0 Å². The summed E-state index contributed by atoms with van der Waals surface area (Å²) in [5, 5.41) is 21.1. The highest BCUT2D eigenvalue weighted by molar-refractivity contribution is 5.91. The highest BCUT2D eigenvalue weighted by atomic mass is 16.4. The molecule has 0 unspecified atom stereocenters. The molecule has 0 aliphatic rings. The maximum atomic E-state index is 11.1. The standard InChI is InChI=1S/C13H9N5O2/c19-13(20)10-8-14-7-6-11(10)18-16-12(15-17-18)9-4-2-1-3-5-9/h1-8H,(H,19,20). The highest BCUT2D eigenvalue weighted by Gasteiger charge is 2.14. The average molecular weight is 267 g/mol. The number of carboxylic acids is 1. The molecule has 2 aromatic heterocycles. The van der Waals surface area contributed by atoms with Gasteiger partial charge in [-0.25, -0.2) is 4.79 Å². The summed E-state index contributed by atoms with van der Waals surface area (Å²) < 4.78 is 0. The molecule has 0 amide bonds. The number of hydrogen-bond donors (Lipinski definition) is 1. The monoisotopic (exact) mass is 267 g/mol. The van der Waals surface area contributed by atoms with E-state index in [-0.39, 0.29) is 5.56 Å². The summed E-state index contributed by atoms with van der Waals surface area (Å²) in [7, 11) is 0. The summed E-state index contributed by atoms with van der Waals surface area (Å²) in [5.74, 6) is -0.662. The summed E-state index contributed by atoms with van der Waals surface area (Å²) >= 11 is 0. The first-order valence-corrected chi connectivity index (χ1v) is 5.79. The Hall–Kier alpha value is -3.09. The fourth-order valence-corrected chi connectivity index (χ4v) is 1.75. The summed E-state index contributed by atoms with van der Waals surface area (Å²) in [5.41, 5.74) is 1.15. The number of tetrazole rings is 1. The lowest BCUT2D eigenvalue weighted by Gasteiger charge is -2.01. The average Bonchev–Trinajstić information content (AvgIpc) is 2.98. The predicted molar refractivity (Wildman–Crippen MR) is 69.3 cm³/mol. The largest absolute Gasteiger partial charge is 0.478 e. The zero-order valence-electron chi connectivity index (χ0n) is 10.2. The predicted octanol–water partition coefficient (Wildman–Crippen LogP) is 1.42. The van der Waals surface area contributed by atoms with Crippen LogP contribution in [0, 0.1) is 0 Å². The Balaban J connectivity index is 2.05. The molecular formula is C13H9N5O2. The molecule has 7 heteroatoms. The molecule has 7 nitrogen and oxygen atoms in total. The Morgan fingerprint density at radius 1 is 1.15 bits per heavy atom. The fraction of sp³-hybridized carbons (Fsp3) is 0. The van der Waals surface area contributed by atoms with Crippen LogP contribution in [-0.4, -0.2) is 36.3 Å². The van der Waals surface area contributed by atoms with Crippen molar-refractivity contribution >= 4 is 5.97 Å². The molecule has 0 saturated heterocycles. The van der Waals surface area contributed by atoms with Crippen molar-refractivity contribution < 1.29 is 9.90 Å². The molecule has 1 N–H and O–H groups in total. The molecule has 0 aliphatic carbocycles. The first kappa shape index (κ1) is 12.0. The number of rotatable bonds is 3. The second-order valence-electron chi connectivity index (χ2n) is 3.97. The first-order valence-electron chi connectivity index (χ1n) is 5.79. The van der Waals surface area contributed by atoms with Gasteiger partial charge in [0, 0.05) is 18.0 Å². The Morgan fingerprint density at radius 3 is 2.70 bits per heavy atom. The lowest BCUT2D eigenvalue weighted by Crippen LogP contribution is -2.08. The minimum absolute atomic E-state index is 0.0181. The quantitative estimate of drug-likeness (QED) is 0.771. The van der Waals surface area contributed by atoms with Crippen LogP contribution in [0.15, 0.2) is 48.8 Å². The van der Waals surface area contributed by atoms with Gasteiger partial charge in [-0.2, -0.15) is 0 Å². The van der Waals surface area contributed by atoms with E-state index in [9.17, 15) is 4.79 Å². The van der Waals surface area contributed by atoms with Crippen LogP contribution in [0.25, 0.3) is 17.1 Å². The van der Waals surface area contributed by atoms with Gasteiger partial charge in [-0.05, 0) is 11.3 Å². The van der Waals surface area contributed by atoms with Crippen LogP contribution in [-0.2, 0) is 0 Å². The summed E-state index contributed by atoms with van der Waals surface area (Å²) in [4.78, 5) is 16.1. The molecule has 0 atom stereocenters. The van der Waals surface area contributed by atoms with Gasteiger partial charge in [0.25, 0.3) is 0 Å². The van der Waals surface area contributed by atoms with Gasteiger partial charge >= 0.3 is 5.97 Å². The molecule has 0 spiro atoms. The van der Waals surface area contributed by atoms with Crippen molar-refractivity contribution in [1.82, 2.24) is 25.2 Å². The molecule has 0 fully saturated rings. The van der Waals surface area contributed by atoms with E-state index in [1.807, 2.05) is 30.3 Å². The van der Waals surface area contributed by atoms with Crippen molar-refractivity contribution in [3.63, 3.8) is 0 Å². The number of hydrogen-bond acceptors (Lipinski definition) is 5. The van der Waals surface area contributed by atoms with E-state index in [0.29, 0.717) is 11.5 Å². The molecule has 98 valence electrons. The molecule has 0 saturated carbocycles. The van der Waals surface area contributed by atoms with Gasteiger partial charge in [0.15, 0.2) is 0 Å². The number of carbonyl (C=O) groups is 1. The molecule has 20 heavy (non-hydrogen) atoms. The van der Waals surface area contributed by atoms with Crippen molar-refractivity contribution in [2.45, 2.75) is 0 Å². The van der Waals surface area contributed by atoms with Gasteiger partial charge in [0.2, 0.25) is 5.82 Å². The van der Waals surface area contributed by atoms with Crippen LogP contribution in [0.4, 0.5) is 0 Å². The lowest BCUT2D eigenvalue weighted by molar-refractivity contribution is 0.0696. The fourth-order valence-electron chi connectivity index (χ4n) is 1.75. The van der Waals surface area contributed by atoms with Gasteiger partial charge in [0.1, 0.15) is 11.3 Å². The molecule has 3 aromatic rings. The van der Waals surface area contributed by atoms with E-state index >= 15 is 0 Å². The van der Waals surface area contributed by atoms with Crippen molar-refractivity contribution in [3.8, 4) is 17.1 Å². The van der Waals surface area contributed by atoms with Crippen molar-refractivity contribution in [2.75, 3.05) is 0 Å². The van der Waals surface area contributed by atoms with Crippen LogP contribution < -0.4 is 0 Å². The van der Waals surface area contributed by atoms with Gasteiger partial charge < -0.3 is 5.11 Å². The second kappa shape index (κ2) is 4.88. The third-order valence-electron chi connectivity index (χ3n) is 2.69. The Kier molecular flexibility index (Phi) is 2.92. The summed E-state index contributed by atoms with van der Waals surface area (Å²) in [6.45, 7) is 0. The SMILES string of the molecule is O=C(O)c1cnccc1-n1nnc(-c2ccccc2)n1. The molecular weight excluding hydrogens is 258 g/mol. The molecule has 0 aliphatic heterocycles. The Labute approximate surface area is 113 Å². The van der Waals surface area contributed by atoms with E-state index in [0.717, 1.165) is 5.56 Å². The minimum Gasteiger partial charge on any atom is -0.478 e. The normalized spacial score (nSPS) is 10.4. The Morgan fingerprint density at radius 2 is 1.95 bits per heavy atom. The van der Waals surface area contributed by atoms with Crippen LogP contribution in [0.2, 0.25) is 0 Å². The number of benzene rings is 1. The maximum Gasteiger partial charge on any atom is 0.339 e. The van der Waals surface area contributed by atoms with Crippen LogP contribution >= 0.6 is 0 Å². The smallest absolute Gasteiger partial charge is 0.339 e. The van der Waals surface area contributed by atoms with E-state index < -0.39 is 5.97 Å². The number of pyridine rings is 1. The van der Waals surface area contributed by atoms with Gasteiger partial charge in [0.05, 0.1) is 0 Å². The second-order valence-corrected chi connectivity index (χ2v) is 3.97. The molecule has 3 rings (SSSR count). The molecule has 2 heterocycles. The number of carboxylic acid groups (broad SMARTS) is 1. The van der Waals surface area contributed by atoms with E-state index in [1.54, 1.807) is 0 Å². The zero-order chi connectivity index (χ0) is 13.9. The minimum atomic E-state index is -1.09. The Bertz CT molecular complexity index is 754. The first-order chi connectivity index (χ1) is 9.75. The molecule has 0 bridgehead atoms. The van der Waals surface area contributed by atoms with Crippen molar-refractivity contribution in [2.24, 2.45) is 0 Å². The van der Waals surface area contributed by atoms with Crippen LogP contribution in [0.5, 0.6) is 0 Å². The van der Waals surface area contributed by atoms with Crippen LogP contribution in [0.1, 0.15) is 10.4 Å². The number of aromatic nitrogens is 5. The van der Waals surface area contributed by atoms with Gasteiger partial charge in [-0.3, -0.25) is 4.98 Å². The van der Waals surface area contributed by atoms with Gasteiger partial charge in [-0.15, -0.1) is 15.0 Å². The third-order valence-corrected chi connectivity index (χ3v) is 2.69.